The number of benzene rings is 1. The number of ketones is 1. The highest BCUT2D eigenvalue weighted by Gasteiger charge is 2.47. The minimum absolute atomic E-state index is 0.00189. The summed E-state index contributed by atoms with van der Waals surface area (Å²) >= 11 is 0. The minimum atomic E-state index is -0.00189. The lowest BCUT2D eigenvalue weighted by molar-refractivity contribution is -0.132. The monoisotopic (exact) mass is 257 g/mol. The van der Waals surface area contributed by atoms with Crippen LogP contribution in [0.15, 0.2) is 30.3 Å². The van der Waals surface area contributed by atoms with Gasteiger partial charge in [-0.2, -0.15) is 0 Å². The highest BCUT2D eigenvalue weighted by Crippen LogP contribution is 2.40. The molecule has 3 atom stereocenters. The first-order chi connectivity index (χ1) is 9.16. The summed E-state index contributed by atoms with van der Waals surface area (Å²) in [6.45, 7) is 2.66. The van der Waals surface area contributed by atoms with E-state index in [9.17, 15) is 9.59 Å². The quantitative estimate of drug-likeness (QED) is 0.816. The van der Waals surface area contributed by atoms with Gasteiger partial charge < -0.3 is 4.90 Å². The molecular weight excluding hydrogens is 238 g/mol. The van der Waals surface area contributed by atoms with Crippen LogP contribution in [0.2, 0.25) is 0 Å². The van der Waals surface area contributed by atoms with Gasteiger partial charge >= 0.3 is 0 Å². The van der Waals surface area contributed by atoms with Gasteiger partial charge in [-0.1, -0.05) is 37.3 Å². The summed E-state index contributed by atoms with van der Waals surface area (Å²) in [5.41, 5.74) is 1.17. The van der Waals surface area contributed by atoms with Crippen LogP contribution in [0, 0.1) is 11.8 Å². The summed E-state index contributed by atoms with van der Waals surface area (Å²) in [6, 6.07) is 10.4. The molecule has 1 heterocycles. The Balaban J connectivity index is 1.81. The molecule has 1 aromatic rings. The lowest BCUT2D eigenvalue weighted by Crippen LogP contribution is -2.38. The van der Waals surface area contributed by atoms with Gasteiger partial charge in [-0.25, -0.2) is 0 Å². The number of rotatable bonds is 2. The number of carbonyl (C=O) groups is 2. The van der Waals surface area contributed by atoms with Crippen LogP contribution in [0.1, 0.15) is 31.7 Å². The largest absolute Gasteiger partial charge is 0.335 e. The van der Waals surface area contributed by atoms with E-state index in [1.807, 2.05) is 30.0 Å². The van der Waals surface area contributed by atoms with Crippen molar-refractivity contribution in [2.45, 2.75) is 38.8 Å². The summed E-state index contributed by atoms with van der Waals surface area (Å²) in [6.07, 6.45) is 2.06. The SMILES string of the molecule is C[C@@H]1C(=O)N(Cc2ccccc2)[C@@H]2CCC(=O)C[C@H]12. The first kappa shape index (κ1) is 12.4. The third-order valence-corrected chi connectivity index (χ3v) is 4.59. The average Bonchev–Trinajstić information content (AvgIpc) is 2.65. The normalized spacial score (nSPS) is 30.6. The van der Waals surface area contributed by atoms with Crippen LogP contribution in [-0.2, 0) is 16.1 Å². The molecule has 0 N–H and O–H groups in total. The fourth-order valence-corrected chi connectivity index (χ4v) is 3.50. The van der Waals surface area contributed by atoms with Gasteiger partial charge in [0.25, 0.3) is 0 Å². The smallest absolute Gasteiger partial charge is 0.226 e. The van der Waals surface area contributed by atoms with Gasteiger partial charge in [0.05, 0.1) is 0 Å². The molecule has 1 aliphatic carbocycles. The summed E-state index contributed by atoms with van der Waals surface area (Å²) in [7, 11) is 0. The van der Waals surface area contributed by atoms with E-state index in [1.54, 1.807) is 0 Å². The molecule has 0 spiro atoms. The van der Waals surface area contributed by atoms with Gasteiger partial charge in [-0.3, -0.25) is 9.59 Å². The topological polar surface area (TPSA) is 37.4 Å². The third kappa shape index (κ3) is 2.18. The molecule has 1 saturated carbocycles. The average molecular weight is 257 g/mol. The maximum Gasteiger partial charge on any atom is 0.226 e. The van der Waals surface area contributed by atoms with Gasteiger partial charge in [0.2, 0.25) is 5.91 Å². The Kier molecular flexibility index (Phi) is 3.13. The zero-order chi connectivity index (χ0) is 13.4. The summed E-state index contributed by atoms with van der Waals surface area (Å²) in [4.78, 5) is 26.0. The Labute approximate surface area is 113 Å². The molecule has 0 radical (unpaired) electrons. The second-order valence-corrected chi connectivity index (χ2v) is 5.75. The lowest BCUT2D eigenvalue weighted by atomic mass is 9.80. The molecule has 0 bridgehead atoms. The van der Waals surface area contributed by atoms with Crippen molar-refractivity contribution >= 4 is 11.7 Å². The standard InChI is InChI=1S/C16H19NO2/c1-11-14-9-13(18)7-8-15(14)17(16(11)19)10-12-5-3-2-4-6-12/h2-6,11,14-15H,7-10H2,1H3/t11-,14+,15+/m0/s1. The Morgan fingerprint density at radius 1 is 1.21 bits per heavy atom. The highest BCUT2D eigenvalue weighted by molar-refractivity contribution is 5.86. The van der Waals surface area contributed by atoms with E-state index in [-0.39, 0.29) is 23.8 Å². The molecule has 2 aliphatic rings. The highest BCUT2D eigenvalue weighted by atomic mass is 16.2. The first-order valence-electron chi connectivity index (χ1n) is 7.03. The molecule has 3 heteroatoms. The number of hydrogen-bond acceptors (Lipinski definition) is 2. The molecule has 1 aromatic carbocycles. The van der Waals surface area contributed by atoms with Crippen molar-refractivity contribution in [3.05, 3.63) is 35.9 Å². The predicted molar refractivity (Wildman–Crippen MR) is 72.3 cm³/mol. The van der Waals surface area contributed by atoms with E-state index in [1.165, 1.54) is 5.56 Å². The molecule has 19 heavy (non-hydrogen) atoms. The molecule has 0 unspecified atom stereocenters. The van der Waals surface area contributed by atoms with Crippen LogP contribution >= 0.6 is 0 Å². The molecule has 1 aliphatic heterocycles. The van der Waals surface area contributed by atoms with Gasteiger partial charge in [0, 0.05) is 31.3 Å². The van der Waals surface area contributed by atoms with E-state index in [4.69, 9.17) is 0 Å². The van der Waals surface area contributed by atoms with Crippen LogP contribution in [0.4, 0.5) is 0 Å². The number of Topliss-reactive ketones (excluding diaryl/α,β-unsaturated/α-hetero) is 1. The summed E-state index contributed by atoms with van der Waals surface area (Å²) in [5.74, 6) is 0.770. The second-order valence-electron chi connectivity index (χ2n) is 5.75. The van der Waals surface area contributed by atoms with Crippen molar-refractivity contribution in [2.24, 2.45) is 11.8 Å². The maximum absolute atomic E-state index is 12.4. The van der Waals surface area contributed by atoms with E-state index >= 15 is 0 Å². The zero-order valence-corrected chi connectivity index (χ0v) is 11.2. The van der Waals surface area contributed by atoms with E-state index < -0.39 is 0 Å². The third-order valence-electron chi connectivity index (χ3n) is 4.59. The van der Waals surface area contributed by atoms with Crippen molar-refractivity contribution in [1.82, 2.24) is 4.90 Å². The first-order valence-corrected chi connectivity index (χ1v) is 7.03. The lowest BCUT2D eigenvalue weighted by Gasteiger charge is -2.31. The number of hydrogen-bond donors (Lipinski definition) is 0. The molecule has 1 saturated heterocycles. The van der Waals surface area contributed by atoms with Crippen LogP contribution in [0.5, 0.6) is 0 Å². The van der Waals surface area contributed by atoms with Crippen molar-refractivity contribution < 1.29 is 9.59 Å². The minimum Gasteiger partial charge on any atom is -0.335 e. The number of nitrogens with zero attached hydrogens (tertiary/aromatic N) is 1. The number of fused-ring (bicyclic) bond motifs is 1. The summed E-state index contributed by atoms with van der Waals surface area (Å²) < 4.78 is 0. The molecule has 3 rings (SSSR count). The molecule has 2 fully saturated rings. The Morgan fingerprint density at radius 3 is 2.68 bits per heavy atom. The zero-order valence-electron chi connectivity index (χ0n) is 11.2. The van der Waals surface area contributed by atoms with Gasteiger partial charge in [-0.05, 0) is 17.9 Å². The molecule has 0 aromatic heterocycles. The van der Waals surface area contributed by atoms with Crippen LogP contribution in [0.25, 0.3) is 0 Å². The fraction of sp³-hybridized carbons (Fsp3) is 0.500. The van der Waals surface area contributed by atoms with E-state index in [0.717, 1.165) is 6.42 Å². The van der Waals surface area contributed by atoms with Crippen molar-refractivity contribution in [3.8, 4) is 0 Å². The Morgan fingerprint density at radius 2 is 1.95 bits per heavy atom. The van der Waals surface area contributed by atoms with E-state index in [2.05, 4.69) is 12.1 Å². The van der Waals surface area contributed by atoms with Crippen molar-refractivity contribution in [3.63, 3.8) is 0 Å². The number of carbonyl (C=O) groups excluding carboxylic acids is 2. The molecule has 1 amide bonds. The van der Waals surface area contributed by atoms with Crippen LogP contribution < -0.4 is 0 Å². The van der Waals surface area contributed by atoms with Crippen LogP contribution in [-0.4, -0.2) is 22.6 Å². The van der Waals surface area contributed by atoms with Gasteiger partial charge in [0.15, 0.2) is 0 Å². The van der Waals surface area contributed by atoms with Gasteiger partial charge in [0.1, 0.15) is 5.78 Å². The molecular formula is C16H19NO2. The number of likely N-dealkylation sites (tertiary alicyclic amines) is 1. The fourth-order valence-electron chi connectivity index (χ4n) is 3.50. The van der Waals surface area contributed by atoms with E-state index in [0.29, 0.717) is 25.2 Å². The summed E-state index contributed by atoms with van der Waals surface area (Å²) in [5, 5.41) is 0. The van der Waals surface area contributed by atoms with Crippen LogP contribution in [0.3, 0.4) is 0 Å². The maximum atomic E-state index is 12.4. The molecule has 100 valence electrons. The number of amides is 1. The second kappa shape index (κ2) is 4.80. The van der Waals surface area contributed by atoms with Crippen molar-refractivity contribution in [2.75, 3.05) is 0 Å². The molecule has 3 nitrogen and oxygen atoms in total. The van der Waals surface area contributed by atoms with Gasteiger partial charge in [-0.15, -0.1) is 0 Å². The predicted octanol–water partition coefficient (Wildman–Crippen LogP) is 2.40. The Hall–Kier alpha value is -1.64. The Bertz CT molecular complexity index is 497. The van der Waals surface area contributed by atoms with Crippen molar-refractivity contribution in [1.29, 1.82) is 0 Å².